The van der Waals surface area contributed by atoms with E-state index < -0.39 is 0 Å². The Bertz CT molecular complexity index is 447. The molecule has 3 heteroatoms. The van der Waals surface area contributed by atoms with E-state index in [0.29, 0.717) is 11.9 Å². The Morgan fingerprint density at radius 3 is 2.58 bits per heavy atom. The molecule has 2 aliphatic rings. The van der Waals surface area contributed by atoms with Gasteiger partial charge in [-0.25, -0.2) is 0 Å². The molecule has 1 fully saturated rings. The quantitative estimate of drug-likeness (QED) is 0.892. The first-order chi connectivity index (χ1) is 9.29. The van der Waals surface area contributed by atoms with Crippen LogP contribution in [0, 0.1) is 0 Å². The monoisotopic (exact) mass is 258 g/mol. The molecule has 1 unspecified atom stereocenters. The molecule has 19 heavy (non-hydrogen) atoms. The number of nitrogens with zero attached hydrogens (tertiary/aromatic N) is 1. The Labute approximate surface area is 115 Å². The van der Waals surface area contributed by atoms with Gasteiger partial charge < -0.3 is 10.2 Å². The standard InChI is InChI=1S/C16H22N2O/c1-2-8-17-15-7-9-18(16(15)19)14-10-12-5-3-4-6-13(12)11-14/h3-6,14-15,17H,2,7-11H2,1H3. The lowest BCUT2D eigenvalue weighted by Crippen LogP contribution is -2.43. The van der Waals surface area contributed by atoms with Crippen molar-refractivity contribution in [1.82, 2.24) is 10.2 Å². The van der Waals surface area contributed by atoms with Crippen LogP contribution in [0.25, 0.3) is 0 Å². The van der Waals surface area contributed by atoms with Gasteiger partial charge in [-0.2, -0.15) is 0 Å². The lowest BCUT2D eigenvalue weighted by molar-refractivity contribution is -0.131. The largest absolute Gasteiger partial charge is 0.338 e. The summed E-state index contributed by atoms with van der Waals surface area (Å²) in [6.45, 7) is 3.99. The predicted molar refractivity (Wildman–Crippen MR) is 76.0 cm³/mol. The zero-order valence-corrected chi connectivity index (χ0v) is 11.6. The van der Waals surface area contributed by atoms with Crippen molar-refractivity contribution >= 4 is 5.91 Å². The van der Waals surface area contributed by atoms with Gasteiger partial charge in [-0.3, -0.25) is 4.79 Å². The molecule has 3 nitrogen and oxygen atoms in total. The van der Waals surface area contributed by atoms with Crippen molar-refractivity contribution in [3.05, 3.63) is 35.4 Å². The second-order valence-corrected chi connectivity index (χ2v) is 5.66. The summed E-state index contributed by atoms with van der Waals surface area (Å²) in [7, 11) is 0. The van der Waals surface area contributed by atoms with Crippen LogP contribution in [-0.2, 0) is 17.6 Å². The van der Waals surface area contributed by atoms with Crippen LogP contribution in [0.1, 0.15) is 30.9 Å². The lowest BCUT2D eigenvalue weighted by Gasteiger charge is -2.24. The molecule has 1 N–H and O–H groups in total. The normalized spacial score (nSPS) is 23.1. The molecule has 1 aliphatic heterocycles. The Hall–Kier alpha value is -1.35. The zero-order valence-electron chi connectivity index (χ0n) is 11.6. The minimum Gasteiger partial charge on any atom is -0.338 e. The summed E-state index contributed by atoms with van der Waals surface area (Å²) in [5, 5.41) is 3.36. The first-order valence-electron chi connectivity index (χ1n) is 7.40. The average Bonchev–Trinajstić information content (AvgIpc) is 2.99. The summed E-state index contributed by atoms with van der Waals surface area (Å²) >= 11 is 0. The SMILES string of the molecule is CCCNC1CCN(C2Cc3ccccc3C2)C1=O. The third kappa shape index (κ3) is 2.39. The van der Waals surface area contributed by atoms with E-state index in [-0.39, 0.29) is 6.04 Å². The highest BCUT2D eigenvalue weighted by molar-refractivity contribution is 5.84. The fourth-order valence-electron chi connectivity index (χ4n) is 3.33. The van der Waals surface area contributed by atoms with Crippen molar-refractivity contribution < 1.29 is 4.79 Å². The van der Waals surface area contributed by atoms with Gasteiger partial charge in [0.15, 0.2) is 0 Å². The average molecular weight is 258 g/mol. The Kier molecular flexibility index (Phi) is 3.56. The van der Waals surface area contributed by atoms with Gasteiger partial charge in [-0.15, -0.1) is 0 Å². The van der Waals surface area contributed by atoms with Crippen molar-refractivity contribution in [2.45, 2.75) is 44.7 Å². The van der Waals surface area contributed by atoms with Gasteiger partial charge >= 0.3 is 0 Å². The maximum absolute atomic E-state index is 12.4. The summed E-state index contributed by atoms with van der Waals surface area (Å²) in [4.78, 5) is 14.5. The second-order valence-electron chi connectivity index (χ2n) is 5.66. The molecule has 1 atom stereocenters. The van der Waals surface area contributed by atoms with E-state index in [2.05, 4.69) is 41.4 Å². The highest BCUT2D eigenvalue weighted by Crippen LogP contribution is 2.28. The summed E-state index contributed by atoms with van der Waals surface area (Å²) in [6, 6.07) is 9.03. The van der Waals surface area contributed by atoms with Crippen LogP contribution in [0.4, 0.5) is 0 Å². The van der Waals surface area contributed by atoms with Crippen LogP contribution in [-0.4, -0.2) is 36.0 Å². The molecule has 1 heterocycles. The molecular weight excluding hydrogens is 236 g/mol. The van der Waals surface area contributed by atoms with Crippen LogP contribution < -0.4 is 5.32 Å². The molecule has 1 aromatic rings. The number of hydrogen-bond donors (Lipinski definition) is 1. The third-order valence-electron chi connectivity index (χ3n) is 4.35. The van der Waals surface area contributed by atoms with Crippen LogP contribution in [0.2, 0.25) is 0 Å². The highest BCUT2D eigenvalue weighted by atomic mass is 16.2. The van der Waals surface area contributed by atoms with Crippen molar-refractivity contribution in [3.8, 4) is 0 Å². The van der Waals surface area contributed by atoms with Crippen LogP contribution in [0.3, 0.4) is 0 Å². The molecule has 0 aromatic heterocycles. The number of hydrogen-bond acceptors (Lipinski definition) is 2. The maximum atomic E-state index is 12.4. The Morgan fingerprint density at radius 1 is 1.26 bits per heavy atom. The number of nitrogens with one attached hydrogen (secondary N) is 1. The van der Waals surface area contributed by atoms with E-state index in [0.717, 1.165) is 38.8 Å². The van der Waals surface area contributed by atoms with Crippen molar-refractivity contribution in [2.75, 3.05) is 13.1 Å². The van der Waals surface area contributed by atoms with Gasteiger partial charge in [0.2, 0.25) is 5.91 Å². The van der Waals surface area contributed by atoms with Crippen LogP contribution in [0.5, 0.6) is 0 Å². The van der Waals surface area contributed by atoms with Gasteiger partial charge in [0.25, 0.3) is 0 Å². The second kappa shape index (κ2) is 5.33. The molecule has 3 rings (SSSR count). The lowest BCUT2D eigenvalue weighted by atomic mass is 10.1. The Morgan fingerprint density at radius 2 is 1.95 bits per heavy atom. The molecule has 0 bridgehead atoms. The molecule has 1 aromatic carbocycles. The third-order valence-corrected chi connectivity index (χ3v) is 4.35. The molecule has 1 amide bonds. The van der Waals surface area contributed by atoms with E-state index in [9.17, 15) is 4.79 Å². The smallest absolute Gasteiger partial charge is 0.240 e. The fraction of sp³-hybridized carbons (Fsp3) is 0.562. The molecule has 102 valence electrons. The molecule has 1 saturated heterocycles. The number of carbonyl (C=O) groups is 1. The first kappa shape index (κ1) is 12.7. The van der Waals surface area contributed by atoms with Crippen LogP contribution >= 0.6 is 0 Å². The molecule has 0 saturated carbocycles. The minimum absolute atomic E-state index is 0.0589. The number of amides is 1. The number of carbonyl (C=O) groups excluding carboxylic acids is 1. The summed E-state index contributed by atoms with van der Waals surface area (Å²) in [5.74, 6) is 0.311. The van der Waals surface area contributed by atoms with E-state index in [4.69, 9.17) is 0 Å². The number of fused-ring (bicyclic) bond motifs is 1. The van der Waals surface area contributed by atoms with Crippen molar-refractivity contribution in [1.29, 1.82) is 0 Å². The van der Waals surface area contributed by atoms with Crippen molar-refractivity contribution in [3.63, 3.8) is 0 Å². The van der Waals surface area contributed by atoms with Gasteiger partial charge in [-0.1, -0.05) is 31.2 Å². The number of likely N-dealkylation sites (tertiary alicyclic amines) is 1. The van der Waals surface area contributed by atoms with E-state index in [1.807, 2.05) is 0 Å². The van der Waals surface area contributed by atoms with E-state index >= 15 is 0 Å². The van der Waals surface area contributed by atoms with Gasteiger partial charge in [0, 0.05) is 12.6 Å². The van der Waals surface area contributed by atoms with Gasteiger partial charge in [-0.05, 0) is 43.4 Å². The summed E-state index contributed by atoms with van der Waals surface area (Å²) in [5.41, 5.74) is 2.84. The molecule has 0 radical (unpaired) electrons. The van der Waals surface area contributed by atoms with Gasteiger partial charge in [0.05, 0.1) is 6.04 Å². The highest BCUT2D eigenvalue weighted by Gasteiger charge is 2.37. The van der Waals surface area contributed by atoms with E-state index in [1.54, 1.807) is 0 Å². The summed E-state index contributed by atoms with van der Waals surface area (Å²) in [6.07, 6.45) is 4.11. The predicted octanol–water partition coefficient (Wildman–Crippen LogP) is 1.75. The first-order valence-corrected chi connectivity index (χ1v) is 7.40. The van der Waals surface area contributed by atoms with Gasteiger partial charge in [0.1, 0.15) is 0 Å². The molecule has 0 spiro atoms. The molecule has 1 aliphatic carbocycles. The van der Waals surface area contributed by atoms with Crippen molar-refractivity contribution in [2.24, 2.45) is 0 Å². The maximum Gasteiger partial charge on any atom is 0.240 e. The minimum atomic E-state index is 0.0589. The summed E-state index contributed by atoms with van der Waals surface area (Å²) < 4.78 is 0. The van der Waals surface area contributed by atoms with E-state index in [1.165, 1.54) is 11.1 Å². The van der Waals surface area contributed by atoms with Crippen LogP contribution in [0.15, 0.2) is 24.3 Å². The zero-order chi connectivity index (χ0) is 13.2. The Balaban J connectivity index is 1.65. The number of rotatable bonds is 4. The topological polar surface area (TPSA) is 32.3 Å². The number of benzene rings is 1. The molecular formula is C16H22N2O. The fourth-order valence-corrected chi connectivity index (χ4v) is 3.33.